The van der Waals surface area contributed by atoms with E-state index < -0.39 is 32.9 Å². The Morgan fingerprint density at radius 1 is 1.27 bits per heavy atom. The predicted octanol–water partition coefficient (Wildman–Crippen LogP) is 3.68. The summed E-state index contributed by atoms with van der Waals surface area (Å²) in [5.74, 6) is -1.46. The number of alkyl halides is 7. The highest BCUT2D eigenvalue weighted by Gasteiger charge is 2.52. The summed E-state index contributed by atoms with van der Waals surface area (Å²) in [6, 6.07) is 0. The van der Waals surface area contributed by atoms with E-state index in [-0.39, 0.29) is 0 Å². The lowest BCUT2D eigenvalue weighted by atomic mass is 10.1. The number of carboxylic acid groups (broad SMARTS) is 1. The van der Waals surface area contributed by atoms with Gasteiger partial charge in [0, 0.05) is 6.42 Å². The van der Waals surface area contributed by atoms with Crippen molar-refractivity contribution in [1.82, 2.24) is 0 Å². The van der Waals surface area contributed by atoms with Crippen molar-refractivity contribution in [2.75, 3.05) is 0 Å². The fourth-order valence-corrected chi connectivity index (χ4v) is 1.61. The first-order valence-corrected chi connectivity index (χ1v) is 5.45. The maximum Gasteiger partial charge on any atom is 0.354 e. The lowest BCUT2D eigenvalue weighted by Crippen LogP contribution is -2.39. The van der Waals surface area contributed by atoms with E-state index in [2.05, 4.69) is 11.6 Å². The van der Waals surface area contributed by atoms with E-state index in [1.54, 1.807) is 0 Å². The van der Waals surface area contributed by atoms with Crippen molar-refractivity contribution in [1.29, 1.82) is 0 Å². The topological polar surface area (TPSA) is 37.3 Å². The molecule has 2 nitrogen and oxygen atoms in total. The van der Waals surface area contributed by atoms with Crippen LogP contribution in [0, 0.1) is 0 Å². The summed E-state index contributed by atoms with van der Waals surface area (Å²) in [6.45, 7) is 0. The van der Waals surface area contributed by atoms with Crippen LogP contribution in [-0.4, -0.2) is 31.5 Å². The van der Waals surface area contributed by atoms with Crippen LogP contribution < -0.4 is 0 Å². The van der Waals surface area contributed by atoms with Crippen molar-refractivity contribution < 1.29 is 18.7 Å². The Labute approximate surface area is 109 Å². The van der Waals surface area contributed by atoms with Gasteiger partial charge in [-0.15, -0.1) is 23.2 Å². The monoisotopic (exact) mass is 322 g/mol. The van der Waals surface area contributed by atoms with Gasteiger partial charge in [0.15, 0.2) is 4.33 Å². The Morgan fingerprint density at radius 3 is 1.93 bits per heavy atom. The van der Waals surface area contributed by atoms with E-state index in [1.165, 1.54) is 0 Å². The van der Waals surface area contributed by atoms with Crippen LogP contribution in [0.4, 0.5) is 8.78 Å². The highest BCUT2D eigenvalue weighted by Crippen LogP contribution is 2.46. The highest BCUT2D eigenvalue weighted by molar-refractivity contribution is 6.53. The lowest BCUT2D eigenvalue weighted by molar-refractivity contribution is -0.136. The van der Waals surface area contributed by atoms with Crippen molar-refractivity contribution in [2.24, 2.45) is 0 Å². The van der Waals surface area contributed by atoms with Crippen LogP contribution in [0.15, 0.2) is 0 Å². The summed E-state index contributed by atoms with van der Waals surface area (Å²) in [6.07, 6.45) is -0.769. The van der Waals surface area contributed by atoms with E-state index in [0.717, 1.165) is 0 Å². The van der Waals surface area contributed by atoms with E-state index in [1.807, 2.05) is 0 Å². The van der Waals surface area contributed by atoms with Crippen LogP contribution >= 0.6 is 58.0 Å². The standard InChI is InChI=1S/C6H5Cl5F2O2/c7-2(3(8)4(14)15)1-5(9,10)6(11,12)13/h2-3H,1H2,(H,14,15). The van der Waals surface area contributed by atoms with Crippen molar-refractivity contribution in [3.05, 3.63) is 0 Å². The maximum absolute atomic E-state index is 12.6. The molecule has 0 bridgehead atoms. The Bertz CT molecular complexity index is 242. The van der Waals surface area contributed by atoms with Gasteiger partial charge in [0.05, 0.1) is 5.38 Å². The van der Waals surface area contributed by atoms with Crippen molar-refractivity contribution >= 4 is 64.0 Å². The molecular weight excluding hydrogens is 319 g/mol. The van der Waals surface area contributed by atoms with Crippen LogP contribution in [0.5, 0.6) is 0 Å². The molecule has 90 valence electrons. The first kappa shape index (κ1) is 15.8. The minimum absolute atomic E-state index is 0.769. The average molecular weight is 324 g/mol. The Morgan fingerprint density at radius 2 is 1.67 bits per heavy atom. The van der Waals surface area contributed by atoms with Gasteiger partial charge in [-0.3, -0.25) is 4.79 Å². The van der Waals surface area contributed by atoms with Gasteiger partial charge in [-0.25, -0.2) is 0 Å². The summed E-state index contributed by atoms with van der Waals surface area (Å²) in [4.78, 5) is 10.4. The molecule has 0 amide bonds. The van der Waals surface area contributed by atoms with Gasteiger partial charge in [0.2, 0.25) is 0 Å². The first-order valence-electron chi connectivity index (χ1n) is 3.44. The smallest absolute Gasteiger partial charge is 0.354 e. The van der Waals surface area contributed by atoms with Crippen molar-refractivity contribution in [3.8, 4) is 0 Å². The molecule has 0 aromatic rings. The summed E-state index contributed by atoms with van der Waals surface area (Å²) < 4.78 is 22.5. The zero-order valence-corrected chi connectivity index (χ0v) is 10.6. The minimum atomic E-state index is -3.93. The van der Waals surface area contributed by atoms with Crippen LogP contribution in [0.1, 0.15) is 6.42 Å². The first-order chi connectivity index (χ1) is 6.49. The molecule has 0 rings (SSSR count). The van der Waals surface area contributed by atoms with E-state index in [0.29, 0.717) is 0 Å². The van der Waals surface area contributed by atoms with E-state index in [4.69, 9.17) is 51.5 Å². The Balaban J connectivity index is 4.54. The molecule has 0 fully saturated rings. The molecule has 0 heterocycles. The van der Waals surface area contributed by atoms with Gasteiger partial charge in [0.1, 0.15) is 5.38 Å². The van der Waals surface area contributed by atoms with Crippen molar-refractivity contribution in [2.45, 2.75) is 26.9 Å². The summed E-state index contributed by atoms with van der Waals surface area (Å²) >= 11 is 25.7. The van der Waals surface area contributed by atoms with Gasteiger partial charge in [-0.05, 0) is 11.6 Å². The summed E-state index contributed by atoms with van der Waals surface area (Å²) in [7, 11) is 0. The molecular formula is C6H5Cl5F2O2. The second-order valence-electron chi connectivity index (χ2n) is 2.66. The number of carboxylic acids is 1. The van der Waals surface area contributed by atoms with Crippen LogP contribution in [-0.2, 0) is 4.79 Å². The number of carbonyl (C=O) groups is 1. The number of hydrogen-bond donors (Lipinski definition) is 1. The van der Waals surface area contributed by atoms with Crippen molar-refractivity contribution in [3.63, 3.8) is 0 Å². The van der Waals surface area contributed by atoms with E-state index in [9.17, 15) is 13.6 Å². The van der Waals surface area contributed by atoms with Gasteiger partial charge in [0.25, 0.3) is 0 Å². The molecule has 0 saturated heterocycles. The molecule has 0 spiro atoms. The largest absolute Gasteiger partial charge is 0.480 e. The molecule has 9 heteroatoms. The quantitative estimate of drug-likeness (QED) is 0.783. The molecule has 0 aromatic heterocycles. The molecule has 0 aliphatic heterocycles. The maximum atomic E-state index is 12.6. The highest BCUT2D eigenvalue weighted by atomic mass is 35.5. The lowest BCUT2D eigenvalue weighted by Gasteiger charge is -2.26. The fourth-order valence-electron chi connectivity index (χ4n) is 0.619. The van der Waals surface area contributed by atoms with Gasteiger partial charge < -0.3 is 5.11 Å². The number of hydrogen-bond acceptors (Lipinski definition) is 1. The fraction of sp³-hybridized carbons (Fsp3) is 0.833. The molecule has 0 aliphatic rings. The third-order valence-corrected chi connectivity index (χ3v) is 3.75. The molecule has 2 atom stereocenters. The zero-order chi connectivity index (χ0) is 12.4. The van der Waals surface area contributed by atoms with E-state index >= 15 is 0 Å². The van der Waals surface area contributed by atoms with Gasteiger partial charge in [-0.2, -0.15) is 8.78 Å². The van der Waals surface area contributed by atoms with Crippen LogP contribution in [0.2, 0.25) is 0 Å². The average Bonchev–Trinajstić information content (AvgIpc) is 1.99. The molecule has 2 unspecified atom stereocenters. The normalized spacial score (nSPS) is 17.3. The molecule has 1 N–H and O–H groups in total. The number of halogens is 7. The Kier molecular flexibility index (Phi) is 5.69. The summed E-state index contributed by atoms with van der Waals surface area (Å²) in [5.41, 5.74) is 0. The van der Waals surface area contributed by atoms with Crippen LogP contribution in [0.25, 0.3) is 0 Å². The molecule has 0 radical (unpaired) electrons. The SMILES string of the molecule is O=C(O)C(Cl)C(Cl)CC(Cl)(Cl)C(F)(F)Cl. The predicted molar refractivity (Wildman–Crippen MR) is 56.8 cm³/mol. The second kappa shape index (κ2) is 5.41. The molecule has 0 aliphatic carbocycles. The van der Waals surface area contributed by atoms with Gasteiger partial charge >= 0.3 is 11.4 Å². The Hall–Kier alpha value is 0.780. The van der Waals surface area contributed by atoms with Crippen LogP contribution in [0.3, 0.4) is 0 Å². The zero-order valence-electron chi connectivity index (χ0n) is 6.86. The molecule has 0 aromatic carbocycles. The third-order valence-electron chi connectivity index (χ3n) is 1.42. The summed E-state index contributed by atoms with van der Waals surface area (Å²) in [5, 5.41) is 1.54. The number of rotatable bonds is 5. The van der Waals surface area contributed by atoms with Gasteiger partial charge in [-0.1, -0.05) is 23.2 Å². The minimum Gasteiger partial charge on any atom is -0.480 e. The second-order valence-corrected chi connectivity index (χ2v) is 5.65. The molecule has 15 heavy (non-hydrogen) atoms. The molecule has 0 saturated carbocycles. The third kappa shape index (κ3) is 4.65. The number of aliphatic carboxylic acids is 1.